The minimum Gasteiger partial charge on any atom is -0.497 e. The fourth-order valence-corrected chi connectivity index (χ4v) is 4.50. The van der Waals surface area contributed by atoms with Crippen molar-refractivity contribution in [1.29, 1.82) is 5.41 Å². The summed E-state index contributed by atoms with van der Waals surface area (Å²) in [6.45, 7) is 3.94. The molecule has 4 aromatic rings. The van der Waals surface area contributed by atoms with Gasteiger partial charge in [0.25, 0.3) is 0 Å². The summed E-state index contributed by atoms with van der Waals surface area (Å²) in [4.78, 5) is 17.5. The number of fused-ring (bicyclic) bond motifs is 1. The van der Waals surface area contributed by atoms with E-state index in [9.17, 15) is 4.79 Å². The average molecular weight is 479 g/mol. The predicted octanol–water partition coefficient (Wildman–Crippen LogP) is 3.85. The molecular formula is C24H26N6O3S. The molecule has 0 aliphatic heterocycles. The lowest BCUT2D eigenvalue weighted by molar-refractivity contribution is -0.113. The van der Waals surface area contributed by atoms with Crippen molar-refractivity contribution in [1.82, 2.24) is 19.7 Å². The van der Waals surface area contributed by atoms with Gasteiger partial charge in [0, 0.05) is 11.8 Å². The van der Waals surface area contributed by atoms with Crippen LogP contribution in [0.5, 0.6) is 11.5 Å². The van der Waals surface area contributed by atoms with Gasteiger partial charge in [-0.05, 0) is 37.1 Å². The number of amides is 1. The molecule has 0 spiro atoms. The monoisotopic (exact) mass is 478 g/mol. The van der Waals surface area contributed by atoms with Gasteiger partial charge in [-0.25, -0.2) is 4.98 Å². The molecule has 2 aromatic carbocycles. The molecule has 9 nitrogen and oxygen atoms in total. The van der Waals surface area contributed by atoms with Gasteiger partial charge in [-0.2, -0.15) is 5.10 Å². The Balaban J connectivity index is 1.67. The zero-order valence-electron chi connectivity index (χ0n) is 19.4. The van der Waals surface area contributed by atoms with Gasteiger partial charge in [-0.3, -0.25) is 19.9 Å². The van der Waals surface area contributed by atoms with Crippen LogP contribution in [-0.2, 0) is 11.2 Å². The highest BCUT2D eigenvalue weighted by molar-refractivity contribution is 7.99. The molecule has 0 fully saturated rings. The number of para-hydroxylation sites is 1. The number of aromatic amines is 1. The SMILES string of the molecule is CCc1ccccc1-n1c(SCC(=O)Nc2ccc(OC)cc2OC)nc2n[nH]c(C)c2c1=N. The first-order valence-electron chi connectivity index (χ1n) is 10.7. The Labute approximate surface area is 201 Å². The first-order chi connectivity index (χ1) is 16.5. The van der Waals surface area contributed by atoms with E-state index in [4.69, 9.17) is 14.9 Å². The summed E-state index contributed by atoms with van der Waals surface area (Å²) in [5.74, 6) is 1.000. The number of nitrogens with one attached hydrogen (secondary N) is 3. The predicted molar refractivity (Wildman–Crippen MR) is 132 cm³/mol. The molecule has 0 atom stereocenters. The molecule has 10 heteroatoms. The third-order valence-electron chi connectivity index (χ3n) is 5.41. The van der Waals surface area contributed by atoms with Crippen LogP contribution in [0, 0.1) is 12.3 Å². The molecule has 0 aliphatic rings. The maximum absolute atomic E-state index is 12.8. The summed E-state index contributed by atoms with van der Waals surface area (Å²) < 4.78 is 12.4. The minimum absolute atomic E-state index is 0.0881. The van der Waals surface area contributed by atoms with E-state index in [0.29, 0.717) is 33.4 Å². The van der Waals surface area contributed by atoms with Crippen LogP contribution >= 0.6 is 11.8 Å². The quantitative estimate of drug-likeness (QED) is 0.262. The van der Waals surface area contributed by atoms with E-state index < -0.39 is 0 Å². The minimum atomic E-state index is -0.226. The number of hydrogen-bond acceptors (Lipinski definition) is 7. The van der Waals surface area contributed by atoms with Crippen LogP contribution in [0.25, 0.3) is 16.7 Å². The van der Waals surface area contributed by atoms with Crippen molar-refractivity contribution in [3.63, 3.8) is 0 Å². The summed E-state index contributed by atoms with van der Waals surface area (Å²) in [5, 5.41) is 20.1. The molecule has 0 aliphatic carbocycles. The van der Waals surface area contributed by atoms with Gasteiger partial charge in [0.1, 0.15) is 17.0 Å². The first kappa shape index (κ1) is 23.4. The number of methoxy groups -OCH3 is 2. The molecule has 0 radical (unpaired) electrons. The van der Waals surface area contributed by atoms with Crippen molar-refractivity contribution in [3.05, 3.63) is 59.2 Å². The average Bonchev–Trinajstić information content (AvgIpc) is 3.23. The Kier molecular flexibility index (Phi) is 6.87. The Bertz CT molecular complexity index is 1410. The molecule has 2 aromatic heterocycles. The highest BCUT2D eigenvalue weighted by atomic mass is 32.2. The van der Waals surface area contributed by atoms with E-state index in [2.05, 4.69) is 27.4 Å². The van der Waals surface area contributed by atoms with Crippen molar-refractivity contribution in [2.45, 2.75) is 25.4 Å². The number of carbonyl (C=O) groups excluding carboxylic acids is 1. The standard InChI is InChI=1S/C24H26N6O3S/c1-5-15-8-6-7-9-18(15)30-22(25)21-14(2)28-29-23(21)27-24(30)34-13-20(31)26-17-11-10-16(32-3)12-19(17)33-4/h6-12,25H,5,13H2,1-4H3,(H,26,31)(H,28,29). The molecule has 3 N–H and O–H groups in total. The lowest BCUT2D eigenvalue weighted by atomic mass is 10.1. The van der Waals surface area contributed by atoms with Crippen LogP contribution in [0.3, 0.4) is 0 Å². The highest BCUT2D eigenvalue weighted by Crippen LogP contribution is 2.30. The zero-order chi connectivity index (χ0) is 24.2. The molecule has 2 heterocycles. The molecular weight excluding hydrogens is 452 g/mol. The Morgan fingerprint density at radius 2 is 2.00 bits per heavy atom. The number of anilines is 1. The van der Waals surface area contributed by atoms with E-state index in [1.807, 2.05) is 31.2 Å². The van der Waals surface area contributed by atoms with E-state index >= 15 is 0 Å². The molecule has 176 valence electrons. The summed E-state index contributed by atoms with van der Waals surface area (Å²) in [5.41, 5.74) is 3.99. The molecule has 0 saturated carbocycles. The maximum Gasteiger partial charge on any atom is 0.234 e. The normalized spacial score (nSPS) is 10.9. The third kappa shape index (κ3) is 4.49. The second kappa shape index (κ2) is 10.0. The second-order valence-corrected chi connectivity index (χ2v) is 8.45. The van der Waals surface area contributed by atoms with Crippen LogP contribution in [0.4, 0.5) is 5.69 Å². The topological polar surface area (TPSA) is 118 Å². The largest absolute Gasteiger partial charge is 0.497 e. The summed E-state index contributed by atoms with van der Waals surface area (Å²) >= 11 is 1.25. The molecule has 0 bridgehead atoms. The van der Waals surface area contributed by atoms with E-state index in [1.54, 1.807) is 29.9 Å². The van der Waals surface area contributed by atoms with Crippen molar-refractivity contribution in [2.75, 3.05) is 25.3 Å². The van der Waals surface area contributed by atoms with Crippen LogP contribution in [-0.4, -0.2) is 45.6 Å². The van der Waals surface area contributed by atoms with Crippen LogP contribution in [0.2, 0.25) is 0 Å². The van der Waals surface area contributed by atoms with E-state index in [0.717, 1.165) is 23.4 Å². The smallest absolute Gasteiger partial charge is 0.234 e. The number of ether oxygens (including phenoxy) is 2. The number of thioether (sulfide) groups is 1. The number of H-pyrrole nitrogens is 1. The van der Waals surface area contributed by atoms with E-state index in [-0.39, 0.29) is 17.1 Å². The molecule has 0 saturated heterocycles. The fraction of sp³-hybridized carbons (Fsp3) is 0.250. The lowest BCUT2D eigenvalue weighted by Gasteiger charge is -2.16. The molecule has 34 heavy (non-hydrogen) atoms. The number of carbonyl (C=O) groups is 1. The summed E-state index contributed by atoms with van der Waals surface area (Å²) in [7, 11) is 3.11. The maximum atomic E-state index is 12.8. The van der Waals surface area contributed by atoms with Gasteiger partial charge in [0.05, 0.1) is 36.7 Å². The number of aromatic nitrogens is 4. The van der Waals surface area contributed by atoms with Gasteiger partial charge < -0.3 is 14.8 Å². The number of benzene rings is 2. The Morgan fingerprint density at radius 3 is 2.74 bits per heavy atom. The molecule has 0 unspecified atom stereocenters. The second-order valence-electron chi connectivity index (χ2n) is 7.51. The first-order valence-corrected chi connectivity index (χ1v) is 11.7. The summed E-state index contributed by atoms with van der Waals surface area (Å²) in [6, 6.07) is 13.1. The number of aryl methyl sites for hydroxylation is 2. The highest BCUT2D eigenvalue weighted by Gasteiger charge is 2.18. The van der Waals surface area contributed by atoms with Crippen molar-refractivity contribution < 1.29 is 14.3 Å². The Morgan fingerprint density at radius 1 is 1.21 bits per heavy atom. The van der Waals surface area contributed by atoms with Gasteiger partial charge in [-0.1, -0.05) is 36.9 Å². The zero-order valence-corrected chi connectivity index (χ0v) is 20.2. The number of rotatable bonds is 8. The fourth-order valence-electron chi connectivity index (χ4n) is 3.70. The van der Waals surface area contributed by atoms with Gasteiger partial charge >= 0.3 is 0 Å². The van der Waals surface area contributed by atoms with Crippen molar-refractivity contribution >= 4 is 34.4 Å². The van der Waals surface area contributed by atoms with Crippen LogP contribution < -0.4 is 20.3 Å². The Hall–Kier alpha value is -3.79. The van der Waals surface area contributed by atoms with Crippen molar-refractivity contribution in [3.8, 4) is 17.2 Å². The van der Waals surface area contributed by atoms with Gasteiger partial charge in [-0.15, -0.1) is 0 Å². The van der Waals surface area contributed by atoms with Gasteiger partial charge in [0.2, 0.25) is 5.91 Å². The molecule has 4 rings (SSSR count). The van der Waals surface area contributed by atoms with E-state index in [1.165, 1.54) is 18.9 Å². The number of hydrogen-bond donors (Lipinski definition) is 3. The molecule has 1 amide bonds. The number of nitrogens with zero attached hydrogens (tertiary/aromatic N) is 3. The van der Waals surface area contributed by atoms with Crippen LogP contribution in [0.1, 0.15) is 18.2 Å². The van der Waals surface area contributed by atoms with Crippen molar-refractivity contribution in [2.24, 2.45) is 0 Å². The van der Waals surface area contributed by atoms with Gasteiger partial charge in [0.15, 0.2) is 10.8 Å². The lowest BCUT2D eigenvalue weighted by Crippen LogP contribution is -2.24. The summed E-state index contributed by atoms with van der Waals surface area (Å²) in [6.07, 6.45) is 0.798. The third-order valence-corrected chi connectivity index (χ3v) is 6.35. The van der Waals surface area contributed by atoms with Crippen LogP contribution in [0.15, 0.2) is 47.6 Å².